The molecule has 0 aliphatic rings. The van der Waals surface area contributed by atoms with Crippen LogP contribution in [0.1, 0.15) is 0 Å². The summed E-state index contributed by atoms with van der Waals surface area (Å²) in [6.07, 6.45) is 2.07. The fourth-order valence-electron chi connectivity index (χ4n) is 0.512. The average molecular weight is 219 g/mol. The van der Waals surface area contributed by atoms with Crippen molar-refractivity contribution in [3.8, 4) is 0 Å². The first-order valence-electron chi connectivity index (χ1n) is 2.91. The Morgan fingerprint density at radius 3 is 2.00 bits per heavy atom. The Hall–Kier alpha value is -1.09. The van der Waals surface area contributed by atoms with Crippen molar-refractivity contribution >= 4 is 16.0 Å². The van der Waals surface area contributed by atoms with E-state index in [1.807, 2.05) is 0 Å². The molecule has 0 fully saturated rings. The zero-order valence-electron chi connectivity index (χ0n) is 6.15. The maximum atomic E-state index is 10.4. The third-order valence-electron chi connectivity index (χ3n) is 1.08. The molecule has 0 aliphatic heterocycles. The van der Waals surface area contributed by atoms with E-state index in [1.165, 1.54) is 0 Å². The van der Waals surface area contributed by atoms with Crippen LogP contribution in [0.5, 0.6) is 0 Å². The Morgan fingerprint density at radius 2 is 1.75 bits per heavy atom. The zero-order valence-corrected chi connectivity index (χ0v) is 9.12. The molecule has 0 saturated heterocycles. The van der Waals surface area contributed by atoms with Crippen molar-refractivity contribution in [2.75, 3.05) is 0 Å². The molecule has 5 heteroatoms. The molecule has 0 aliphatic carbocycles. The van der Waals surface area contributed by atoms with Gasteiger partial charge in [-0.15, -0.1) is 0 Å². The van der Waals surface area contributed by atoms with Crippen molar-refractivity contribution in [1.29, 1.82) is 0 Å². The van der Waals surface area contributed by atoms with Gasteiger partial charge in [0.05, 0.1) is 0 Å². The molecule has 0 unspecified atom stereocenters. The molecule has 0 radical (unpaired) electrons. The number of carboxylic acid groups (broad SMARTS) is 2. The van der Waals surface area contributed by atoms with Gasteiger partial charge in [0.25, 0.3) is 0 Å². The van der Waals surface area contributed by atoms with Gasteiger partial charge in [-0.1, -0.05) is 0 Å². The van der Waals surface area contributed by atoms with E-state index in [-0.39, 0.29) is 27.5 Å². The number of carbonyl (C=O) groups is 2. The van der Waals surface area contributed by atoms with Crippen LogP contribution in [0.4, 0.5) is 0 Å². The molecule has 4 nitrogen and oxygen atoms in total. The monoisotopic (exact) mass is 217 g/mol. The second-order valence-corrected chi connectivity index (χ2v) is 3.35. The average Bonchev–Trinajstić information content (AvgIpc) is 1.98. The molecule has 60 valence electrons. The summed E-state index contributed by atoms with van der Waals surface area (Å²) in [5.74, 6) is -2.49. The fourth-order valence-corrected chi connectivity index (χ4v) is 1.08. The summed E-state index contributed by atoms with van der Waals surface area (Å²) in [6, 6.07) is 0. The van der Waals surface area contributed by atoms with Crippen LogP contribution >= 0.6 is 0 Å². The minimum absolute atomic E-state index is 0.121. The molecule has 0 amide bonds. The Bertz CT molecular complexity index is 277. The van der Waals surface area contributed by atoms with Crippen molar-refractivity contribution in [3.05, 3.63) is 24.3 Å². The SMILES string of the molecule is [CH-]=C/C=C(/C(=O)O)[C](=[Zn])C(=O)O. The standard InChI is InChI=1S/C7H5O4.Zn/c1-2-3-5(7(10)11)4-6(8)9;/h1-3H,(H,8,9)(H,10,11);/q-1;/b5-3+;. The van der Waals surface area contributed by atoms with E-state index in [9.17, 15) is 9.59 Å². The molecule has 0 bridgehead atoms. The Morgan fingerprint density at radius 1 is 1.25 bits per heavy atom. The van der Waals surface area contributed by atoms with E-state index in [2.05, 4.69) is 0 Å². The predicted octanol–water partition coefficient (Wildman–Crippen LogP) is -0.210. The molecule has 0 aromatic rings. The summed E-state index contributed by atoms with van der Waals surface area (Å²) in [6.45, 7) is 4.95. The van der Waals surface area contributed by atoms with Crippen LogP contribution in [0.15, 0.2) is 17.7 Å². The fraction of sp³-hybridized carbons (Fsp3) is 0. The normalized spacial score (nSPS) is 10.7. The topological polar surface area (TPSA) is 74.6 Å². The molecular formula is C7H5O4Zn-. The Labute approximate surface area is 78.4 Å². The van der Waals surface area contributed by atoms with Gasteiger partial charge in [-0.25, -0.2) is 0 Å². The predicted molar refractivity (Wildman–Crippen MR) is 37.2 cm³/mol. The first kappa shape index (κ1) is 10.9. The zero-order chi connectivity index (χ0) is 9.72. The minimum atomic E-state index is -1.28. The van der Waals surface area contributed by atoms with Crippen molar-refractivity contribution in [1.82, 2.24) is 0 Å². The van der Waals surface area contributed by atoms with Crippen LogP contribution in [-0.2, 0) is 27.4 Å². The first-order chi connectivity index (χ1) is 5.50. The van der Waals surface area contributed by atoms with Crippen LogP contribution < -0.4 is 0 Å². The van der Waals surface area contributed by atoms with Gasteiger partial charge < -0.3 is 0 Å². The van der Waals surface area contributed by atoms with E-state index in [4.69, 9.17) is 16.8 Å². The van der Waals surface area contributed by atoms with Gasteiger partial charge in [0.15, 0.2) is 0 Å². The maximum absolute atomic E-state index is 10.4. The van der Waals surface area contributed by atoms with Gasteiger partial charge in [0, 0.05) is 0 Å². The third kappa shape index (κ3) is 2.88. The van der Waals surface area contributed by atoms with Crippen molar-refractivity contribution in [2.45, 2.75) is 0 Å². The number of aliphatic carboxylic acids is 2. The van der Waals surface area contributed by atoms with Crippen LogP contribution in [0, 0.1) is 6.58 Å². The van der Waals surface area contributed by atoms with Crippen LogP contribution in [0.25, 0.3) is 0 Å². The van der Waals surface area contributed by atoms with Crippen molar-refractivity contribution in [3.63, 3.8) is 0 Å². The summed E-state index contributed by atoms with van der Waals surface area (Å²) >= 11 is 0.265. The van der Waals surface area contributed by atoms with Crippen LogP contribution in [0.3, 0.4) is 0 Å². The first-order valence-corrected chi connectivity index (χ1v) is 4.40. The summed E-state index contributed by atoms with van der Waals surface area (Å²) in [4.78, 5) is 20.8. The molecule has 0 spiro atoms. The summed E-state index contributed by atoms with van der Waals surface area (Å²) in [5, 5.41) is 17.0. The number of rotatable bonds is 4. The Kier molecular flexibility index (Phi) is 4.30. The van der Waals surface area contributed by atoms with Gasteiger partial charge >= 0.3 is 78.0 Å². The molecular weight excluding hydrogens is 213 g/mol. The molecule has 0 aromatic heterocycles. The van der Waals surface area contributed by atoms with Crippen LogP contribution in [-0.4, -0.2) is 26.3 Å². The van der Waals surface area contributed by atoms with E-state index >= 15 is 0 Å². The van der Waals surface area contributed by atoms with Gasteiger partial charge in [0.2, 0.25) is 0 Å². The van der Waals surface area contributed by atoms with Crippen molar-refractivity contribution in [2.24, 2.45) is 0 Å². The quantitative estimate of drug-likeness (QED) is 0.296. The molecule has 0 aromatic carbocycles. The van der Waals surface area contributed by atoms with E-state index in [0.29, 0.717) is 0 Å². The van der Waals surface area contributed by atoms with Crippen molar-refractivity contribution < 1.29 is 37.7 Å². The summed E-state index contributed by atoms with van der Waals surface area (Å²) < 4.78 is -0.121. The van der Waals surface area contributed by atoms with E-state index < -0.39 is 11.9 Å². The second-order valence-electron chi connectivity index (χ2n) is 1.86. The van der Waals surface area contributed by atoms with E-state index in [1.54, 1.807) is 0 Å². The molecule has 0 heterocycles. The molecule has 0 saturated carbocycles. The number of hydrogen-bond donors (Lipinski definition) is 2. The van der Waals surface area contributed by atoms with Gasteiger partial charge in [-0.2, -0.15) is 0 Å². The van der Waals surface area contributed by atoms with Gasteiger partial charge in [-0.05, 0) is 0 Å². The molecule has 0 rings (SSSR count). The number of carboxylic acids is 2. The molecule has 2 N–H and O–H groups in total. The number of hydrogen-bond acceptors (Lipinski definition) is 2. The summed E-state index contributed by atoms with van der Waals surface area (Å²) in [7, 11) is 0. The van der Waals surface area contributed by atoms with Crippen LogP contribution in [0.2, 0.25) is 0 Å². The van der Waals surface area contributed by atoms with E-state index in [0.717, 1.165) is 12.2 Å². The Balaban J connectivity index is 4.89. The third-order valence-corrected chi connectivity index (χ3v) is 2.51. The van der Waals surface area contributed by atoms with Gasteiger partial charge in [0.1, 0.15) is 0 Å². The molecule has 0 atom stereocenters. The molecule has 12 heavy (non-hydrogen) atoms. The number of allylic oxidation sites excluding steroid dienone is 2. The summed E-state index contributed by atoms with van der Waals surface area (Å²) in [5.41, 5.74) is -0.259. The van der Waals surface area contributed by atoms with Gasteiger partial charge in [-0.3, -0.25) is 0 Å². The second kappa shape index (κ2) is 4.72.